The summed E-state index contributed by atoms with van der Waals surface area (Å²) >= 11 is 12.4. The number of benzene rings is 2. The van der Waals surface area contributed by atoms with E-state index in [1.165, 1.54) is 12.8 Å². The first kappa shape index (κ1) is 17.7. The minimum Gasteiger partial charge on any atom is -0.454 e. The van der Waals surface area contributed by atoms with E-state index in [9.17, 15) is 4.79 Å². The molecule has 0 radical (unpaired) electrons. The van der Waals surface area contributed by atoms with E-state index in [1.54, 1.807) is 12.1 Å². The first-order valence-corrected chi connectivity index (χ1v) is 9.55. The highest BCUT2D eigenvalue weighted by atomic mass is 35.5. The van der Waals surface area contributed by atoms with E-state index < -0.39 is 0 Å². The summed E-state index contributed by atoms with van der Waals surface area (Å²) in [6.45, 7) is 1.90. The lowest BCUT2D eigenvalue weighted by Crippen LogP contribution is -2.37. The van der Waals surface area contributed by atoms with Crippen molar-refractivity contribution >= 4 is 35.2 Å². The SMILES string of the molecule is Nc1cc(Cl)c(Oc2ccc3c(c2)CCN(CC2CC2)C3C=O)c(Cl)c1. The Morgan fingerprint density at radius 3 is 2.58 bits per heavy atom. The van der Waals surface area contributed by atoms with Crippen LogP contribution in [0.4, 0.5) is 5.69 Å². The van der Waals surface area contributed by atoms with Gasteiger partial charge in [0.2, 0.25) is 0 Å². The van der Waals surface area contributed by atoms with Gasteiger partial charge in [0.25, 0.3) is 0 Å². The topological polar surface area (TPSA) is 55.6 Å². The normalized spacial score (nSPS) is 19.8. The summed E-state index contributed by atoms with van der Waals surface area (Å²) in [5.74, 6) is 1.80. The zero-order chi connectivity index (χ0) is 18.3. The molecule has 2 aromatic rings. The van der Waals surface area contributed by atoms with Crippen molar-refractivity contribution < 1.29 is 9.53 Å². The fourth-order valence-electron chi connectivity index (χ4n) is 3.54. The van der Waals surface area contributed by atoms with Crippen LogP contribution in [0.1, 0.15) is 30.0 Å². The van der Waals surface area contributed by atoms with Crippen LogP contribution in [0.15, 0.2) is 30.3 Å². The maximum atomic E-state index is 11.7. The number of rotatable bonds is 5. The van der Waals surface area contributed by atoms with Crippen LogP contribution in [-0.4, -0.2) is 24.3 Å². The minimum absolute atomic E-state index is 0.169. The van der Waals surface area contributed by atoms with Gasteiger partial charge in [0.05, 0.1) is 16.1 Å². The Bertz CT molecular complexity index is 829. The fourth-order valence-corrected chi connectivity index (χ4v) is 4.12. The van der Waals surface area contributed by atoms with Crippen molar-refractivity contribution in [2.45, 2.75) is 25.3 Å². The highest BCUT2D eigenvalue weighted by Gasteiger charge is 2.32. The third-order valence-electron chi connectivity index (χ3n) is 5.05. The number of nitrogens with zero attached hydrogens (tertiary/aromatic N) is 1. The minimum atomic E-state index is -0.169. The van der Waals surface area contributed by atoms with Gasteiger partial charge >= 0.3 is 0 Å². The summed E-state index contributed by atoms with van der Waals surface area (Å²) in [6.07, 6.45) is 4.51. The van der Waals surface area contributed by atoms with Gasteiger partial charge in [0.1, 0.15) is 12.0 Å². The van der Waals surface area contributed by atoms with Gasteiger partial charge in [0.15, 0.2) is 5.75 Å². The van der Waals surface area contributed by atoms with E-state index in [0.29, 0.717) is 27.2 Å². The van der Waals surface area contributed by atoms with Crippen molar-refractivity contribution in [3.63, 3.8) is 0 Å². The number of ether oxygens (including phenoxy) is 1. The Morgan fingerprint density at radius 2 is 1.92 bits per heavy atom. The highest BCUT2D eigenvalue weighted by Crippen LogP contribution is 2.40. The Kier molecular flexibility index (Phi) is 4.82. The average Bonchev–Trinajstić information content (AvgIpc) is 3.42. The first-order chi connectivity index (χ1) is 12.5. The monoisotopic (exact) mass is 390 g/mol. The highest BCUT2D eigenvalue weighted by molar-refractivity contribution is 6.37. The molecule has 0 amide bonds. The zero-order valence-corrected chi connectivity index (χ0v) is 15.8. The first-order valence-electron chi connectivity index (χ1n) is 8.79. The number of hydrogen-bond donors (Lipinski definition) is 1. The average molecular weight is 391 g/mol. The summed E-state index contributed by atoms with van der Waals surface area (Å²) in [7, 11) is 0. The van der Waals surface area contributed by atoms with Crippen molar-refractivity contribution in [3.8, 4) is 11.5 Å². The number of fused-ring (bicyclic) bond motifs is 1. The molecule has 2 aliphatic rings. The van der Waals surface area contributed by atoms with Crippen LogP contribution in [0.2, 0.25) is 10.0 Å². The van der Waals surface area contributed by atoms with Crippen LogP contribution in [0, 0.1) is 5.92 Å². The van der Waals surface area contributed by atoms with Crippen LogP contribution in [0.5, 0.6) is 11.5 Å². The molecule has 4 rings (SSSR count). The second kappa shape index (κ2) is 7.10. The van der Waals surface area contributed by atoms with Gasteiger partial charge in [-0.2, -0.15) is 0 Å². The second-order valence-corrected chi connectivity index (χ2v) is 7.86. The number of halogens is 2. The molecule has 0 spiro atoms. The lowest BCUT2D eigenvalue weighted by molar-refractivity contribution is -0.113. The number of nitrogens with two attached hydrogens (primary N) is 1. The van der Waals surface area contributed by atoms with Gasteiger partial charge in [-0.1, -0.05) is 29.3 Å². The molecular formula is C20H20Cl2N2O2. The molecule has 1 saturated carbocycles. The van der Waals surface area contributed by atoms with Crippen LogP contribution < -0.4 is 10.5 Å². The molecule has 0 aromatic heterocycles. The van der Waals surface area contributed by atoms with Gasteiger partial charge in [-0.25, -0.2) is 0 Å². The Labute approximate surface area is 162 Å². The number of anilines is 1. The predicted octanol–water partition coefficient (Wildman–Crippen LogP) is 4.88. The molecule has 1 heterocycles. The van der Waals surface area contributed by atoms with Gasteiger partial charge in [-0.05, 0) is 60.6 Å². The van der Waals surface area contributed by atoms with Crippen molar-refractivity contribution in [3.05, 3.63) is 51.5 Å². The smallest absolute Gasteiger partial charge is 0.164 e. The molecule has 2 N–H and O–H groups in total. The summed E-state index contributed by atoms with van der Waals surface area (Å²) in [5.41, 5.74) is 8.42. The second-order valence-electron chi connectivity index (χ2n) is 7.05. The van der Waals surface area contributed by atoms with Crippen molar-refractivity contribution in [2.75, 3.05) is 18.8 Å². The molecule has 4 nitrogen and oxygen atoms in total. The molecular weight excluding hydrogens is 371 g/mol. The van der Waals surface area contributed by atoms with Gasteiger partial charge in [0, 0.05) is 18.8 Å². The van der Waals surface area contributed by atoms with E-state index in [0.717, 1.165) is 42.8 Å². The fraction of sp³-hybridized carbons (Fsp3) is 0.350. The van der Waals surface area contributed by atoms with Gasteiger partial charge in [-0.3, -0.25) is 4.90 Å². The molecule has 1 unspecified atom stereocenters. The lowest BCUT2D eigenvalue weighted by atomic mass is 9.93. The third-order valence-corrected chi connectivity index (χ3v) is 5.62. The quantitative estimate of drug-likeness (QED) is 0.583. The molecule has 6 heteroatoms. The molecule has 1 atom stereocenters. The summed E-state index contributed by atoms with van der Waals surface area (Å²) in [5, 5.41) is 0.739. The Hall–Kier alpha value is -1.75. The maximum absolute atomic E-state index is 11.7. The standard InChI is InChI=1S/C20H20Cl2N2O2/c21-17-8-14(23)9-18(22)20(17)26-15-3-4-16-13(7-15)5-6-24(19(16)11-25)10-12-1-2-12/h3-4,7-9,11-12,19H,1-2,5-6,10,23H2. The molecule has 26 heavy (non-hydrogen) atoms. The third kappa shape index (κ3) is 3.54. The van der Waals surface area contributed by atoms with Gasteiger partial charge < -0.3 is 15.3 Å². The summed E-state index contributed by atoms with van der Waals surface area (Å²) in [6, 6.07) is 8.86. The lowest BCUT2D eigenvalue weighted by Gasteiger charge is -2.34. The number of aldehydes is 1. The molecule has 1 aliphatic carbocycles. The van der Waals surface area contributed by atoms with Crippen molar-refractivity contribution in [1.82, 2.24) is 4.90 Å². The van der Waals surface area contributed by atoms with Crippen LogP contribution in [0.25, 0.3) is 0 Å². The molecule has 136 valence electrons. The van der Waals surface area contributed by atoms with Crippen LogP contribution >= 0.6 is 23.2 Å². The molecule has 1 fully saturated rings. The molecule has 0 bridgehead atoms. The Balaban J connectivity index is 1.59. The van der Waals surface area contributed by atoms with E-state index in [2.05, 4.69) is 4.90 Å². The number of carbonyl (C=O) groups is 1. The van der Waals surface area contributed by atoms with E-state index >= 15 is 0 Å². The van der Waals surface area contributed by atoms with Crippen LogP contribution in [0.3, 0.4) is 0 Å². The van der Waals surface area contributed by atoms with Crippen molar-refractivity contribution in [2.24, 2.45) is 5.92 Å². The number of hydrogen-bond acceptors (Lipinski definition) is 4. The number of nitrogen functional groups attached to an aromatic ring is 1. The van der Waals surface area contributed by atoms with Gasteiger partial charge in [-0.15, -0.1) is 0 Å². The summed E-state index contributed by atoms with van der Waals surface area (Å²) < 4.78 is 5.91. The van der Waals surface area contributed by atoms with E-state index in [-0.39, 0.29) is 6.04 Å². The Morgan fingerprint density at radius 1 is 1.19 bits per heavy atom. The van der Waals surface area contributed by atoms with E-state index in [1.807, 2.05) is 18.2 Å². The maximum Gasteiger partial charge on any atom is 0.164 e. The van der Waals surface area contributed by atoms with E-state index in [4.69, 9.17) is 33.7 Å². The molecule has 1 aliphatic heterocycles. The van der Waals surface area contributed by atoms with Crippen LogP contribution in [-0.2, 0) is 11.2 Å². The molecule has 2 aromatic carbocycles. The largest absolute Gasteiger partial charge is 0.454 e. The molecule has 0 saturated heterocycles. The number of carbonyl (C=O) groups excluding carboxylic acids is 1. The van der Waals surface area contributed by atoms with Crippen molar-refractivity contribution in [1.29, 1.82) is 0 Å². The zero-order valence-electron chi connectivity index (χ0n) is 14.3. The predicted molar refractivity (Wildman–Crippen MR) is 104 cm³/mol. The summed E-state index contributed by atoms with van der Waals surface area (Å²) in [4.78, 5) is 14.0.